The second-order valence-corrected chi connectivity index (χ2v) is 6.01. The summed E-state index contributed by atoms with van der Waals surface area (Å²) in [4.78, 5) is 6.96. The number of ether oxygens (including phenoxy) is 1. The molecule has 0 spiro atoms. The number of nitrogens with one attached hydrogen (secondary N) is 1. The van der Waals surface area contributed by atoms with Gasteiger partial charge in [0.1, 0.15) is 5.82 Å². The molecule has 2 rings (SSSR count). The van der Waals surface area contributed by atoms with Gasteiger partial charge >= 0.3 is 0 Å². The number of likely N-dealkylation sites (N-methyl/N-ethyl adjacent to an activating group) is 1. The lowest BCUT2D eigenvalue weighted by molar-refractivity contribution is 0.115. The van der Waals surface area contributed by atoms with Crippen molar-refractivity contribution >= 4 is 21.7 Å². The summed E-state index contributed by atoms with van der Waals surface area (Å²) in [6.07, 6.45) is 4.58. The average molecular weight is 342 g/mol. The SMILES string of the molecule is CCNCc1cc(Br)cnc1N(CC)CC1CCCO1. The second-order valence-electron chi connectivity index (χ2n) is 5.09. The van der Waals surface area contributed by atoms with E-state index in [9.17, 15) is 0 Å². The van der Waals surface area contributed by atoms with E-state index in [0.717, 1.165) is 49.5 Å². The van der Waals surface area contributed by atoms with E-state index in [-0.39, 0.29) is 0 Å². The van der Waals surface area contributed by atoms with Gasteiger partial charge in [0.05, 0.1) is 6.10 Å². The molecule has 0 bridgehead atoms. The normalized spacial score (nSPS) is 18.4. The molecule has 2 heterocycles. The first-order valence-electron chi connectivity index (χ1n) is 7.46. The zero-order valence-electron chi connectivity index (χ0n) is 12.4. The van der Waals surface area contributed by atoms with E-state index in [1.165, 1.54) is 12.0 Å². The Morgan fingerprint density at radius 1 is 1.50 bits per heavy atom. The molecule has 1 aromatic rings. The molecule has 0 amide bonds. The summed E-state index contributed by atoms with van der Waals surface area (Å²) >= 11 is 3.51. The predicted octanol–water partition coefficient (Wildman–Crippen LogP) is 2.96. The van der Waals surface area contributed by atoms with Crippen molar-refractivity contribution in [1.82, 2.24) is 10.3 Å². The van der Waals surface area contributed by atoms with Crippen molar-refractivity contribution in [3.05, 3.63) is 22.3 Å². The molecular formula is C15H24BrN3O. The van der Waals surface area contributed by atoms with Crippen LogP contribution >= 0.6 is 15.9 Å². The van der Waals surface area contributed by atoms with Crippen LogP contribution in [0.5, 0.6) is 0 Å². The molecule has 1 atom stereocenters. The zero-order valence-corrected chi connectivity index (χ0v) is 13.9. The number of pyridine rings is 1. The standard InChI is InChI=1S/C15H24BrN3O/c1-3-17-9-12-8-13(16)10-18-15(12)19(4-2)11-14-6-5-7-20-14/h8,10,14,17H,3-7,9,11H2,1-2H3. The molecule has 1 aliphatic rings. The Labute approximate surface area is 130 Å². The van der Waals surface area contributed by atoms with Crippen molar-refractivity contribution in [3.8, 4) is 0 Å². The monoisotopic (exact) mass is 341 g/mol. The first-order valence-corrected chi connectivity index (χ1v) is 8.25. The van der Waals surface area contributed by atoms with E-state index >= 15 is 0 Å². The van der Waals surface area contributed by atoms with Gasteiger partial charge in [0, 0.05) is 42.5 Å². The summed E-state index contributed by atoms with van der Waals surface area (Å²) < 4.78 is 6.79. The molecule has 1 aliphatic heterocycles. The lowest BCUT2D eigenvalue weighted by Gasteiger charge is -2.27. The van der Waals surface area contributed by atoms with Crippen LogP contribution in [0.1, 0.15) is 32.3 Å². The molecule has 1 unspecified atom stereocenters. The Hall–Kier alpha value is -0.650. The van der Waals surface area contributed by atoms with E-state index in [1.807, 2.05) is 6.20 Å². The van der Waals surface area contributed by atoms with E-state index in [1.54, 1.807) is 0 Å². The minimum atomic E-state index is 0.354. The Balaban J connectivity index is 2.13. The Morgan fingerprint density at radius 2 is 2.35 bits per heavy atom. The summed E-state index contributed by atoms with van der Waals surface area (Å²) in [6.45, 7) is 8.90. The maximum Gasteiger partial charge on any atom is 0.133 e. The third-order valence-corrected chi connectivity index (χ3v) is 4.04. The van der Waals surface area contributed by atoms with Gasteiger partial charge in [-0.2, -0.15) is 0 Å². The summed E-state index contributed by atoms with van der Waals surface area (Å²) in [6, 6.07) is 2.16. The van der Waals surface area contributed by atoms with Crippen molar-refractivity contribution < 1.29 is 4.74 Å². The first kappa shape index (κ1) is 15.7. The van der Waals surface area contributed by atoms with Gasteiger partial charge in [-0.05, 0) is 48.3 Å². The smallest absolute Gasteiger partial charge is 0.133 e. The van der Waals surface area contributed by atoms with Gasteiger partial charge in [0.15, 0.2) is 0 Å². The van der Waals surface area contributed by atoms with E-state index in [4.69, 9.17) is 4.74 Å². The highest BCUT2D eigenvalue weighted by Gasteiger charge is 2.20. The number of halogens is 1. The Morgan fingerprint density at radius 3 is 3.00 bits per heavy atom. The number of rotatable bonds is 7. The minimum absolute atomic E-state index is 0.354. The fourth-order valence-electron chi connectivity index (χ4n) is 2.55. The van der Waals surface area contributed by atoms with Crippen LogP contribution < -0.4 is 10.2 Å². The Bertz CT molecular complexity index is 422. The van der Waals surface area contributed by atoms with Crippen LogP contribution in [0.3, 0.4) is 0 Å². The van der Waals surface area contributed by atoms with Crippen molar-refractivity contribution in [3.63, 3.8) is 0 Å². The van der Waals surface area contributed by atoms with Crippen LogP contribution in [0.2, 0.25) is 0 Å². The topological polar surface area (TPSA) is 37.4 Å². The number of anilines is 1. The van der Waals surface area contributed by atoms with Gasteiger partial charge in [-0.3, -0.25) is 0 Å². The van der Waals surface area contributed by atoms with E-state index in [2.05, 4.69) is 51.0 Å². The molecule has 1 N–H and O–H groups in total. The van der Waals surface area contributed by atoms with Gasteiger partial charge in [-0.1, -0.05) is 6.92 Å². The van der Waals surface area contributed by atoms with Gasteiger partial charge in [0.25, 0.3) is 0 Å². The van der Waals surface area contributed by atoms with Gasteiger partial charge in [0.2, 0.25) is 0 Å². The molecule has 0 aliphatic carbocycles. The maximum atomic E-state index is 5.76. The van der Waals surface area contributed by atoms with Gasteiger partial charge in [-0.15, -0.1) is 0 Å². The summed E-state index contributed by atoms with van der Waals surface area (Å²) in [5.74, 6) is 1.08. The summed E-state index contributed by atoms with van der Waals surface area (Å²) in [5.41, 5.74) is 1.24. The highest BCUT2D eigenvalue weighted by Crippen LogP contribution is 2.23. The maximum absolute atomic E-state index is 5.76. The van der Waals surface area contributed by atoms with Crippen LogP contribution in [0.4, 0.5) is 5.82 Å². The third-order valence-electron chi connectivity index (χ3n) is 3.60. The van der Waals surface area contributed by atoms with Crippen LogP contribution in [0.15, 0.2) is 16.7 Å². The van der Waals surface area contributed by atoms with Crippen molar-refractivity contribution in [2.75, 3.05) is 31.1 Å². The predicted molar refractivity (Wildman–Crippen MR) is 86.2 cm³/mol. The molecule has 0 aromatic carbocycles. The van der Waals surface area contributed by atoms with Crippen LogP contribution in [-0.2, 0) is 11.3 Å². The van der Waals surface area contributed by atoms with Crippen molar-refractivity contribution in [1.29, 1.82) is 0 Å². The van der Waals surface area contributed by atoms with Crippen LogP contribution in [0.25, 0.3) is 0 Å². The molecule has 0 saturated carbocycles. The number of aromatic nitrogens is 1. The number of hydrogen-bond donors (Lipinski definition) is 1. The molecule has 1 saturated heterocycles. The first-order chi connectivity index (χ1) is 9.74. The number of nitrogens with zero attached hydrogens (tertiary/aromatic N) is 2. The molecule has 1 fully saturated rings. The quantitative estimate of drug-likeness (QED) is 0.827. The summed E-state index contributed by atoms with van der Waals surface area (Å²) in [5, 5.41) is 3.39. The molecule has 0 radical (unpaired) electrons. The van der Waals surface area contributed by atoms with E-state index in [0.29, 0.717) is 6.10 Å². The van der Waals surface area contributed by atoms with E-state index < -0.39 is 0 Å². The lowest BCUT2D eigenvalue weighted by Crippen LogP contribution is -2.33. The highest BCUT2D eigenvalue weighted by atomic mass is 79.9. The van der Waals surface area contributed by atoms with Crippen LogP contribution in [0, 0.1) is 0 Å². The third kappa shape index (κ3) is 4.17. The van der Waals surface area contributed by atoms with Gasteiger partial charge < -0.3 is 15.0 Å². The zero-order chi connectivity index (χ0) is 14.4. The molecule has 5 heteroatoms. The van der Waals surface area contributed by atoms with Crippen molar-refractivity contribution in [2.24, 2.45) is 0 Å². The highest BCUT2D eigenvalue weighted by molar-refractivity contribution is 9.10. The van der Waals surface area contributed by atoms with Crippen molar-refractivity contribution in [2.45, 2.75) is 39.3 Å². The molecular weight excluding hydrogens is 318 g/mol. The summed E-state index contributed by atoms with van der Waals surface area (Å²) in [7, 11) is 0. The molecule has 4 nitrogen and oxygen atoms in total. The van der Waals surface area contributed by atoms with Crippen LogP contribution in [-0.4, -0.2) is 37.3 Å². The Kier molecular flexibility index (Phi) is 6.26. The fourth-order valence-corrected chi connectivity index (χ4v) is 2.93. The molecule has 1 aromatic heterocycles. The lowest BCUT2D eigenvalue weighted by atomic mass is 10.2. The molecule has 20 heavy (non-hydrogen) atoms. The largest absolute Gasteiger partial charge is 0.376 e. The average Bonchev–Trinajstić information content (AvgIpc) is 2.96. The number of hydrogen-bond acceptors (Lipinski definition) is 4. The minimum Gasteiger partial charge on any atom is -0.376 e. The van der Waals surface area contributed by atoms with Gasteiger partial charge in [-0.25, -0.2) is 4.98 Å². The molecule has 112 valence electrons. The fraction of sp³-hybridized carbons (Fsp3) is 0.667. The second kappa shape index (κ2) is 7.96.